The fourth-order valence-corrected chi connectivity index (χ4v) is 2.65. The molecule has 0 aliphatic heterocycles. The van der Waals surface area contributed by atoms with E-state index in [0.717, 1.165) is 24.5 Å². The van der Waals surface area contributed by atoms with Crippen LogP contribution in [0.15, 0.2) is 23.2 Å². The number of amides is 1. The molecular formula is C21H35IN4O2. The summed E-state index contributed by atoms with van der Waals surface area (Å²) in [5, 5.41) is 9.22. The van der Waals surface area contributed by atoms with Gasteiger partial charge in [-0.15, -0.1) is 24.0 Å². The molecule has 1 saturated carbocycles. The van der Waals surface area contributed by atoms with Gasteiger partial charge in [-0.3, -0.25) is 4.79 Å². The average molecular weight is 502 g/mol. The number of carbonyl (C=O) groups excluding carboxylic acids is 1. The summed E-state index contributed by atoms with van der Waals surface area (Å²) >= 11 is 0. The van der Waals surface area contributed by atoms with E-state index in [1.54, 1.807) is 7.05 Å². The number of rotatable bonds is 9. The van der Waals surface area contributed by atoms with Gasteiger partial charge in [-0.1, -0.05) is 12.1 Å². The Bertz CT molecular complexity index is 672. The third-order valence-corrected chi connectivity index (χ3v) is 4.69. The van der Waals surface area contributed by atoms with E-state index in [1.807, 2.05) is 20.8 Å². The summed E-state index contributed by atoms with van der Waals surface area (Å²) in [6.07, 6.45) is 2.55. The Morgan fingerprint density at radius 3 is 2.61 bits per heavy atom. The van der Waals surface area contributed by atoms with Crippen molar-refractivity contribution < 1.29 is 9.53 Å². The predicted octanol–water partition coefficient (Wildman–Crippen LogP) is 3.23. The van der Waals surface area contributed by atoms with Crippen LogP contribution in [0.1, 0.15) is 44.7 Å². The van der Waals surface area contributed by atoms with Crippen LogP contribution in [0.3, 0.4) is 0 Å². The van der Waals surface area contributed by atoms with Gasteiger partial charge in [-0.05, 0) is 58.1 Å². The average Bonchev–Trinajstić information content (AvgIpc) is 3.47. The SMILES string of the molecule is CCNC(=NCc1ccc(C)cc1OCC1CC1)NCC(C)(C)C(=O)NC.I. The van der Waals surface area contributed by atoms with Gasteiger partial charge in [0, 0.05) is 25.7 Å². The molecule has 1 aromatic rings. The van der Waals surface area contributed by atoms with Crippen LogP contribution in [0.25, 0.3) is 0 Å². The lowest BCUT2D eigenvalue weighted by Gasteiger charge is -2.24. The summed E-state index contributed by atoms with van der Waals surface area (Å²) in [5.41, 5.74) is 1.74. The molecule has 158 valence electrons. The predicted molar refractivity (Wildman–Crippen MR) is 125 cm³/mol. The molecule has 1 amide bonds. The Kier molecular flexibility index (Phi) is 10.1. The van der Waals surface area contributed by atoms with Gasteiger partial charge < -0.3 is 20.7 Å². The molecule has 1 aliphatic rings. The molecule has 1 fully saturated rings. The first-order valence-electron chi connectivity index (χ1n) is 9.82. The number of benzene rings is 1. The normalized spacial score (nSPS) is 14.1. The molecule has 3 N–H and O–H groups in total. The maximum Gasteiger partial charge on any atom is 0.227 e. The second-order valence-electron chi connectivity index (χ2n) is 7.88. The van der Waals surface area contributed by atoms with Crippen molar-refractivity contribution in [2.75, 3.05) is 26.7 Å². The van der Waals surface area contributed by atoms with Crippen LogP contribution >= 0.6 is 24.0 Å². The summed E-state index contributed by atoms with van der Waals surface area (Å²) < 4.78 is 6.03. The number of aryl methyl sites for hydroxylation is 1. The Hall–Kier alpha value is -1.51. The molecule has 1 aliphatic carbocycles. The number of hydrogen-bond donors (Lipinski definition) is 3. The Labute approximate surface area is 186 Å². The van der Waals surface area contributed by atoms with Gasteiger partial charge in [0.1, 0.15) is 5.75 Å². The first kappa shape index (κ1) is 24.5. The Morgan fingerprint density at radius 2 is 2.00 bits per heavy atom. The fraction of sp³-hybridized carbons (Fsp3) is 0.619. The maximum atomic E-state index is 12.0. The van der Waals surface area contributed by atoms with Gasteiger partial charge >= 0.3 is 0 Å². The van der Waals surface area contributed by atoms with E-state index in [4.69, 9.17) is 4.74 Å². The number of guanidine groups is 1. The number of nitrogens with one attached hydrogen (secondary N) is 3. The molecule has 2 rings (SSSR count). The summed E-state index contributed by atoms with van der Waals surface area (Å²) in [6, 6.07) is 6.26. The Morgan fingerprint density at radius 1 is 1.29 bits per heavy atom. The van der Waals surface area contributed by atoms with Gasteiger partial charge in [0.2, 0.25) is 5.91 Å². The number of halogens is 1. The minimum Gasteiger partial charge on any atom is -0.493 e. The molecule has 1 aromatic carbocycles. The first-order chi connectivity index (χ1) is 12.9. The quantitative estimate of drug-likeness (QED) is 0.276. The van der Waals surface area contributed by atoms with Gasteiger partial charge in [-0.2, -0.15) is 0 Å². The van der Waals surface area contributed by atoms with Crippen molar-refractivity contribution in [1.29, 1.82) is 0 Å². The highest BCUT2D eigenvalue weighted by Crippen LogP contribution is 2.31. The lowest BCUT2D eigenvalue weighted by Crippen LogP contribution is -2.47. The number of ether oxygens (including phenoxy) is 1. The zero-order chi connectivity index (χ0) is 19.9. The van der Waals surface area contributed by atoms with Crippen LogP contribution < -0.4 is 20.7 Å². The smallest absolute Gasteiger partial charge is 0.227 e. The third kappa shape index (κ3) is 7.85. The summed E-state index contributed by atoms with van der Waals surface area (Å²) in [4.78, 5) is 16.7. The largest absolute Gasteiger partial charge is 0.493 e. The highest BCUT2D eigenvalue weighted by molar-refractivity contribution is 14.0. The molecule has 0 bridgehead atoms. The molecule has 0 heterocycles. The minimum absolute atomic E-state index is 0. The van der Waals surface area contributed by atoms with Gasteiger partial charge in [0.05, 0.1) is 18.6 Å². The van der Waals surface area contributed by atoms with Crippen molar-refractivity contribution >= 4 is 35.8 Å². The van der Waals surface area contributed by atoms with Crippen molar-refractivity contribution in [1.82, 2.24) is 16.0 Å². The number of hydrogen-bond acceptors (Lipinski definition) is 3. The third-order valence-electron chi connectivity index (χ3n) is 4.69. The van der Waals surface area contributed by atoms with Crippen LogP contribution in [0.2, 0.25) is 0 Å². The molecule has 28 heavy (non-hydrogen) atoms. The molecule has 0 spiro atoms. The van der Waals surface area contributed by atoms with Crippen LogP contribution in [-0.4, -0.2) is 38.6 Å². The van der Waals surface area contributed by atoms with Crippen LogP contribution in [0, 0.1) is 18.3 Å². The monoisotopic (exact) mass is 502 g/mol. The van der Waals surface area contributed by atoms with Crippen LogP contribution in [0.4, 0.5) is 0 Å². The molecule has 7 heteroatoms. The molecule has 0 saturated heterocycles. The van der Waals surface area contributed by atoms with E-state index in [-0.39, 0.29) is 29.9 Å². The van der Waals surface area contributed by atoms with Crippen molar-refractivity contribution in [3.63, 3.8) is 0 Å². The summed E-state index contributed by atoms with van der Waals surface area (Å²) in [7, 11) is 1.66. The van der Waals surface area contributed by atoms with Gasteiger partial charge in [0.25, 0.3) is 0 Å². The van der Waals surface area contributed by atoms with Crippen molar-refractivity contribution in [3.8, 4) is 5.75 Å². The van der Waals surface area contributed by atoms with E-state index in [9.17, 15) is 4.79 Å². The summed E-state index contributed by atoms with van der Waals surface area (Å²) in [5.74, 6) is 2.34. The standard InChI is InChI=1S/C21H34N4O2.HI/c1-6-23-20(25-14-21(3,4)19(26)22-5)24-12-17-10-7-15(2)11-18(17)27-13-16-8-9-16;/h7,10-11,16H,6,8-9,12-14H2,1-5H3,(H,22,26)(H2,23,24,25);1H. The zero-order valence-electron chi connectivity index (χ0n) is 17.7. The zero-order valence-corrected chi connectivity index (χ0v) is 20.1. The fourth-order valence-electron chi connectivity index (χ4n) is 2.65. The molecule has 0 radical (unpaired) electrons. The first-order valence-corrected chi connectivity index (χ1v) is 9.82. The minimum atomic E-state index is -0.520. The van der Waals surface area contributed by atoms with E-state index in [2.05, 4.69) is 46.1 Å². The molecule has 0 atom stereocenters. The Balaban J connectivity index is 0.00000392. The number of carbonyl (C=O) groups is 1. The molecular weight excluding hydrogens is 467 g/mol. The maximum absolute atomic E-state index is 12.0. The van der Waals surface area contributed by atoms with Crippen LogP contribution in [-0.2, 0) is 11.3 Å². The lowest BCUT2D eigenvalue weighted by atomic mass is 9.92. The van der Waals surface area contributed by atoms with Crippen LogP contribution in [0.5, 0.6) is 5.75 Å². The van der Waals surface area contributed by atoms with E-state index < -0.39 is 5.41 Å². The van der Waals surface area contributed by atoms with E-state index in [0.29, 0.717) is 25.0 Å². The second-order valence-corrected chi connectivity index (χ2v) is 7.88. The van der Waals surface area contributed by atoms with E-state index in [1.165, 1.54) is 18.4 Å². The van der Waals surface area contributed by atoms with Gasteiger partial charge in [-0.25, -0.2) is 4.99 Å². The number of aliphatic imine (C=N–C) groups is 1. The van der Waals surface area contributed by atoms with Crippen molar-refractivity contribution in [2.45, 2.75) is 47.1 Å². The highest BCUT2D eigenvalue weighted by Gasteiger charge is 2.26. The summed E-state index contributed by atoms with van der Waals surface area (Å²) in [6.45, 7) is 10.5. The molecule has 0 unspecified atom stereocenters. The topological polar surface area (TPSA) is 74.8 Å². The lowest BCUT2D eigenvalue weighted by molar-refractivity contribution is -0.128. The number of nitrogens with zero attached hydrogens (tertiary/aromatic N) is 1. The van der Waals surface area contributed by atoms with E-state index >= 15 is 0 Å². The van der Waals surface area contributed by atoms with Crippen molar-refractivity contribution in [2.24, 2.45) is 16.3 Å². The van der Waals surface area contributed by atoms with Gasteiger partial charge in [0.15, 0.2) is 5.96 Å². The second kappa shape index (κ2) is 11.5. The van der Waals surface area contributed by atoms with Crippen molar-refractivity contribution in [3.05, 3.63) is 29.3 Å². The highest BCUT2D eigenvalue weighted by atomic mass is 127. The molecule has 6 nitrogen and oxygen atoms in total. The molecule has 0 aromatic heterocycles.